The van der Waals surface area contributed by atoms with Gasteiger partial charge in [-0.3, -0.25) is 4.79 Å². The first-order chi connectivity index (χ1) is 13.3. The highest BCUT2D eigenvalue weighted by molar-refractivity contribution is 5.97. The van der Waals surface area contributed by atoms with Crippen molar-refractivity contribution in [3.63, 3.8) is 0 Å². The van der Waals surface area contributed by atoms with Gasteiger partial charge in [0.15, 0.2) is 11.5 Å². The minimum atomic E-state index is -0.614. The molecule has 0 saturated heterocycles. The molecule has 7 heteroatoms. The summed E-state index contributed by atoms with van der Waals surface area (Å²) in [6.07, 6.45) is 1.51. The minimum absolute atomic E-state index is 0.176. The number of fused-ring (bicyclic) bond motifs is 2. The molecule has 4 rings (SSSR count). The highest BCUT2D eigenvalue weighted by Gasteiger charge is 2.26. The third-order valence-corrected chi connectivity index (χ3v) is 4.86. The SMILES string of the molecule is CC(C)c1noc2ncc(C(=O)NC(C)(C)c3ccc4c(c3)OCCO4)cc12. The molecule has 2 aromatic heterocycles. The monoisotopic (exact) mass is 381 g/mol. The largest absolute Gasteiger partial charge is 0.486 e. The van der Waals surface area contributed by atoms with Crippen molar-refractivity contribution >= 4 is 17.0 Å². The number of nitrogens with zero attached hydrogens (tertiary/aromatic N) is 2. The lowest BCUT2D eigenvalue weighted by atomic mass is 9.93. The molecule has 7 nitrogen and oxygen atoms in total. The van der Waals surface area contributed by atoms with Crippen LogP contribution in [0.1, 0.15) is 55.2 Å². The van der Waals surface area contributed by atoms with E-state index in [1.807, 2.05) is 45.9 Å². The number of nitrogens with one attached hydrogen (secondary N) is 1. The van der Waals surface area contributed by atoms with Crippen LogP contribution >= 0.6 is 0 Å². The molecule has 3 aromatic rings. The molecule has 0 aliphatic carbocycles. The number of hydrogen-bond donors (Lipinski definition) is 1. The quantitative estimate of drug-likeness (QED) is 0.740. The summed E-state index contributed by atoms with van der Waals surface area (Å²) in [7, 11) is 0. The third kappa shape index (κ3) is 3.28. The zero-order valence-electron chi connectivity index (χ0n) is 16.4. The van der Waals surface area contributed by atoms with Gasteiger partial charge in [0, 0.05) is 6.20 Å². The maximum absolute atomic E-state index is 12.9. The first-order valence-electron chi connectivity index (χ1n) is 9.33. The first-order valence-corrected chi connectivity index (χ1v) is 9.33. The molecule has 0 fully saturated rings. The van der Waals surface area contributed by atoms with Crippen molar-refractivity contribution in [1.29, 1.82) is 0 Å². The molecule has 3 heterocycles. The second-order valence-electron chi connectivity index (χ2n) is 7.74. The molecule has 1 aliphatic heterocycles. The van der Waals surface area contributed by atoms with Gasteiger partial charge in [-0.15, -0.1) is 0 Å². The molecule has 1 amide bonds. The molecule has 0 atom stereocenters. The Balaban J connectivity index is 1.60. The van der Waals surface area contributed by atoms with Gasteiger partial charge in [0.25, 0.3) is 11.6 Å². The lowest BCUT2D eigenvalue weighted by Gasteiger charge is -2.28. The van der Waals surface area contributed by atoms with E-state index in [0.717, 1.165) is 22.4 Å². The normalized spacial score (nSPS) is 13.8. The van der Waals surface area contributed by atoms with Gasteiger partial charge in [0.1, 0.15) is 13.2 Å². The van der Waals surface area contributed by atoms with Gasteiger partial charge >= 0.3 is 0 Å². The smallest absolute Gasteiger partial charge is 0.257 e. The summed E-state index contributed by atoms with van der Waals surface area (Å²) in [5, 5.41) is 7.90. The van der Waals surface area contributed by atoms with Crippen LogP contribution in [0.15, 0.2) is 35.0 Å². The van der Waals surface area contributed by atoms with Crippen LogP contribution in [0.4, 0.5) is 0 Å². The van der Waals surface area contributed by atoms with Crippen LogP contribution in [0.3, 0.4) is 0 Å². The minimum Gasteiger partial charge on any atom is -0.486 e. The van der Waals surface area contributed by atoms with E-state index in [1.54, 1.807) is 6.07 Å². The summed E-state index contributed by atoms with van der Waals surface area (Å²) >= 11 is 0. The zero-order chi connectivity index (χ0) is 19.9. The lowest BCUT2D eigenvalue weighted by Crippen LogP contribution is -2.41. The van der Waals surface area contributed by atoms with E-state index in [9.17, 15) is 4.79 Å². The summed E-state index contributed by atoms with van der Waals surface area (Å²) in [4.78, 5) is 17.2. The van der Waals surface area contributed by atoms with Crippen molar-refractivity contribution < 1.29 is 18.8 Å². The zero-order valence-corrected chi connectivity index (χ0v) is 16.4. The van der Waals surface area contributed by atoms with E-state index < -0.39 is 5.54 Å². The summed E-state index contributed by atoms with van der Waals surface area (Å²) in [5.41, 5.74) is 2.00. The van der Waals surface area contributed by atoms with E-state index in [-0.39, 0.29) is 11.8 Å². The van der Waals surface area contributed by atoms with Crippen molar-refractivity contribution in [1.82, 2.24) is 15.5 Å². The summed E-state index contributed by atoms with van der Waals surface area (Å²) in [6.45, 7) is 9.00. The van der Waals surface area contributed by atoms with Crippen LogP contribution in [0.2, 0.25) is 0 Å². The Hall–Kier alpha value is -3.09. The topological polar surface area (TPSA) is 86.5 Å². The summed E-state index contributed by atoms with van der Waals surface area (Å²) in [5.74, 6) is 1.38. The van der Waals surface area contributed by atoms with Crippen LogP contribution in [0.25, 0.3) is 11.1 Å². The van der Waals surface area contributed by atoms with Crippen LogP contribution in [-0.2, 0) is 5.54 Å². The first kappa shape index (κ1) is 18.3. The molecule has 146 valence electrons. The van der Waals surface area contributed by atoms with E-state index in [4.69, 9.17) is 14.0 Å². The molecule has 28 heavy (non-hydrogen) atoms. The van der Waals surface area contributed by atoms with Crippen molar-refractivity contribution in [3.05, 3.63) is 47.3 Å². The van der Waals surface area contributed by atoms with Gasteiger partial charge in [-0.05, 0) is 43.5 Å². The number of rotatable bonds is 4. The van der Waals surface area contributed by atoms with Gasteiger partial charge in [0.2, 0.25) is 0 Å². The predicted octanol–water partition coefficient (Wildman–Crippen LogP) is 3.78. The maximum Gasteiger partial charge on any atom is 0.257 e. The molecule has 0 bridgehead atoms. The Morgan fingerprint density at radius 1 is 1.14 bits per heavy atom. The predicted molar refractivity (Wildman–Crippen MR) is 104 cm³/mol. The fraction of sp³-hybridized carbons (Fsp3) is 0.381. The van der Waals surface area contributed by atoms with Gasteiger partial charge in [0.05, 0.1) is 22.2 Å². The molecule has 0 spiro atoms. The second kappa shape index (κ2) is 6.82. The van der Waals surface area contributed by atoms with Crippen LogP contribution in [0, 0.1) is 0 Å². The Morgan fingerprint density at radius 2 is 1.89 bits per heavy atom. The van der Waals surface area contributed by atoms with Gasteiger partial charge in [-0.25, -0.2) is 4.98 Å². The van der Waals surface area contributed by atoms with Crippen molar-refractivity contribution in [2.75, 3.05) is 13.2 Å². The van der Waals surface area contributed by atoms with E-state index in [1.165, 1.54) is 6.20 Å². The van der Waals surface area contributed by atoms with Crippen molar-refractivity contribution in [3.8, 4) is 11.5 Å². The molecule has 0 saturated carbocycles. The highest BCUT2D eigenvalue weighted by atomic mass is 16.6. The second-order valence-corrected chi connectivity index (χ2v) is 7.74. The molecule has 1 aliphatic rings. The van der Waals surface area contributed by atoms with Crippen LogP contribution in [-0.4, -0.2) is 29.3 Å². The van der Waals surface area contributed by atoms with Gasteiger partial charge < -0.3 is 19.3 Å². The number of amides is 1. The molecule has 0 radical (unpaired) electrons. The van der Waals surface area contributed by atoms with Crippen LogP contribution < -0.4 is 14.8 Å². The molecule has 0 unspecified atom stereocenters. The van der Waals surface area contributed by atoms with Crippen molar-refractivity contribution in [2.45, 2.75) is 39.2 Å². The van der Waals surface area contributed by atoms with Gasteiger partial charge in [-0.1, -0.05) is 25.1 Å². The van der Waals surface area contributed by atoms with E-state index >= 15 is 0 Å². The van der Waals surface area contributed by atoms with E-state index in [0.29, 0.717) is 30.2 Å². The lowest BCUT2D eigenvalue weighted by molar-refractivity contribution is 0.0911. The summed E-state index contributed by atoms with van der Waals surface area (Å²) in [6, 6.07) is 7.50. The average molecular weight is 381 g/mol. The standard InChI is InChI=1S/C21H23N3O4/c1-12(2)18-15-9-13(11-22-20(15)28-24-18)19(25)23-21(3,4)14-5-6-16-17(10-14)27-8-7-26-16/h5-6,9-12H,7-8H2,1-4H3,(H,23,25). The Bertz CT molecular complexity index is 1040. The number of benzene rings is 1. The fourth-order valence-electron chi connectivity index (χ4n) is 3.25. The molecule has 1 aromatic carbocycles. The number of ether oxygens (including phenoxy) is 2. The number of pyridine rings is 1. The fourth-order valence-corrected chi connectivity index (χ4v) is 3.25. The van der Waals surface area contributed by atoms with E-state index in [2.05, 4.69) is 15.5 Å². The number of hydrogen-bond acceptors (Lipinski definition) is 6. The number of carbonyl (C=O) groups excluding carboxylic acids is 1. The Morgan fingerprint density at radius 3 is 2.64 bits per heavy atom. The Labute approximate surface area is 163 Å². The molecular formula is C21H23N3O4. The molecule has 1 N–H and O–H groups in total. The maximum atomic E-state index is 12.9. The Kier molecular flexibility index (Phi) is 4.45. The van der Waals surface area contributed by atoms with Crippen LogP contribution in [0.5, 0.6) is 11.5 Å². The summed E-state index contributed by atoms with van der Waals surface area (Å²) < 4.78 is 16.5. The third-order valence-electron chi connectivity index (χ3n) is 4.86. The van der Waals surface area contributed by atoms with Crippen molar-refractivity contribution in [2.24, 2.45) is 0 Å². The number of aromatic nitrogens is 2. The van der Waals surface area contributed by atoms with Gasteiger partial charge in [-0.2, -0.15) is 0 Å². The highest BCUT2D eigenvalue weighted by Crippen LogP contribution is 2.34. The number of carbonyl (C=O) groups is 1. The average Bonchev–Trinajstić information content (AvgIpc) is 3.10. The molecular weight excluding hydrogens is 358 g/mol.